The Bertz CT molecular complexity index is 822. The Balaban J connectivity index is 2.16. The average molecular weight is 336 g/mol. The van der Waals surface area contributed by atoms with E-state index in [0.717, 1.165) is 9.54 Å². The van der Waals surface area contributed by atoms with E-state index in [1.54, 1.807) is 12.1 Å². The van der Waals surface area contributed by atoms with Crippen LogP contribution < -0.4 is 0 Å². The molecule has 0 radical (unpaired) electrons. The summed E-state index contributed by atoms with van der Waals surface area (Å²) in [6.07, 6.45) is 2.68. The molecule has 2 aromatic rings. The van der Waals surface area contributed by atoms with Gasteiger partial charge in [0.2, 0.25) is 6.54 Å². The van der Waals surface area contributed by atoms with Gasteiger partial charge in [0.25, 0.3) is 10.0 Å². The number of ketones is 1. The van der Waals surface area contributed by atoms with Crippen LogP contribution in [0, 0.1) is 17.0 Å². The van der Waals surface area contributed by atoms with E-state index in [1.165, 1.54) is 30.6 Å². The first-order chi connectivity index (χ1) is 10.8. The second kappa shape index (κ2) is 6.74. The fourth-order valence-corrected chi connectivity index (χ4v) is 3.23. The van der Waals surface area contributed by atoms with Crippen molar-refractivity contribution in [2.24, 2.45) is 0 Å². The number of hydrogen-bond donors (Lipinski definition) is 0. The van der Waals surface area contributed by atoms with Crippen molar-refractivity contribution in [3.05, 3.63) is 64.0 Å². The van der Waals surface area contributed by atoms with E-state index in [1.807, 2.05) is 6.92 Å². The molecule has 0 spiro atoms. The van der Waals surface area contributed by atoms with Gasteiger partial charge in [0, 0.05) is 35.7 Å². The molecule has 1 aromatic heterocycles. The van der Waals surface area contributed by atoms with E-state index in [9.17, 15) is 23.3 Å². The van der Waals surface area contributed by atoms with Gasteiger partial charge in [0.15, 0.2) is 5.78 Å². The van der Waals surface area contributed by atoms with Crippen molar-refractivity contribution >= 4 is 15.8 Å². The number of Topliss-reactive ketones (excluding diaryl/α,β-unsaturated/α-hetero) is 1. The number of nitro groups is 1. The first kappa shape index (κ1) is 16.9. The molecule has 0 saturated heterocycles. The van der Waals surface area contributed by atoms with Gasteiger partial charge in [0.1, 0.15) is 0 Å². The molecule has 0 aliphatic heterocycles. The Labute approximate surface area is 133 Å². The SMILES string of the molecule is Cc1ccc(S(=O)(=O)n2ccc(C(=O)CCC[N+](=O)[O-])c2)cc1. The second-order valence-electron chi connectivity index (χ2n) is 5.13. The summed E-state index contributed by atoms with van der Waals surface area (Å²) < 4.78 is 25.9. The lowest BCUT2D eigenvalue weighted by Crippen LogP contribution is -2.11. The molecule has 2 rings (SSSR count). The molecule has 122 valence electrons. The van der Waals surface area contributed by atoms with E-state index < -0.39 is 14.9 Å². The van der Waals surface area contributed by atoms with Crippen LogP contribution in [0.3, 0.4) is 0 Å². The maximum absolute atomic E-state index is 12.4. The minimum absolute atomic E-state index is 0.00950. The summed E-state index contributed by atoms with van der Waals surface area (Å²) in [6.45, 7) is 1.57. The van der Waals surface area contributed by atoms with Crippen LogP contribution in [0.2, 0.25) is 0 Å². The molecule has 0 unspecified atom stereocenters. The van der Waals surface area contributed by atoms with Gasteiger partial charge in [-0.05, 0) is 25.1 Å². The zero-order valence-electron chi connectivity index (χ0n) is 12.5. The Hall–Kier alpha value is -2.48. The van der Waals surface area contributed by atoms with Crippen molar-refractivity contribution in [1.82, 2.24) is 3.97 Å². The van der Waals surface area contributed by atoms with E-state index >= 15 is 0 Å². The van der Waals surface area contributed by atoms with Crippen molar-refractivity contribution in [1.29, 1.82) is 0 Å². The lowest BCUT2D eigenvalue weighted by atomic mass is 10.1. The molecule has 1 heterocycles. The summed E-state index contributed by atoms with van der Waals surface area (Å²) in [7, 11) is -3.75. The minimum atomic E-state index is -3.75. The fraction of sp³-hybridized carbons (Fsp3) is 0.267. The van der Waals surface area contributed by atoms with Crippen LogP contribution in [-0.4, -0.2) is 29.6 Å². The van der Waals surface area contributed by atoms with Gasteiger partial charge < -0.3 is 0 Å². The van der Waals surface area contributed by atoms with Crippen molar-refractivity contribution in [2.45, 2.75) is 24.7 Å². The van der Waals surface area contributed by atoms with Crippen LogP contribution in [-0.2, 0) is 10.0 Å². The van der Waals surface area contributed by atoms with Crippen LogP contribution in [0.25, 0.3) is 0 Å². The number of rotatable bonds is 7. The number of aryl methyl sites for hydroxylation is 1. The zero-order valence-corrected chi connectivity index (χ0v) is 13.3. The topological polar surface area (TPSA) is 99.3 Å². The van der Waals surface area contributed by atoms with Crippen molar-refractivity contribution < 1.29 is 18.1 Å². The number of aromatic nitrogens is 1. The smallest absolute Gasteiger partial charge is 0.267 e. The molecule has 0 aliphatic rings. The highest BCUT2D eigenvalue weighted by Crippen LogP contribution is 2.17. The third-order valence-electron chi connectivity index (χ3n) is 3.33. The normalized spacial score (nSPS) is 11.3. The van der Waals surface area contributed by atoms with E-state index in [2.05, 4.69) is 0 Å². The Morgan fingerprint density at radius 2 is 1.87 bits per heavy atom. The third kappa shape index (κ3) is 4.04. The molecule has 8 heteroatoms. The fourth-order valence-electron chi connectivity index (χ4n) is 2.04. The molecule has 0 fully saturated rings. The molecule has 0 atom stereocenters. The van der Waals surface area contributed by atoms with E-state index in [0.29, 0.717) is 0 Å². The Morgan fingerprint density at radius 1 is 1.22 bits per heavy atom. The number of nitrogens with zero attached hydrogens (tertiary/aromatic N) is 2. The molecular weight excluding hydrogens is 320 g/mol. The van der Waals surface area contributed by atoms with Gasteiger partial charge in [-0.1, -0.05) is 17.7 Å². The molecular formula is C15H16N2O5S. The standard InChI is InChI=1S/C15H16N2O5S/c1-12-4-6-14(7-5-12)23(21,22)16-10-8-13(11-16)15(18)3-2-9-17(19)20/h4-8,10-11H,2-3,9H2,1H3. The largest absolute Gasteiger partial charge is 0.294 e. The molecule has 0 aliphatic carbocycles. The summed E-state index contributed by atoms with van der Waals surface area (Å²) in [4.78, 5) is 21.8. The quantitative estimate of drug-likeness (QED) is 0.439. The van der Waals surface area contributed by atoms with Crippen molar-refractivity contribution in [3.8, 4) is 0 Å². The number of carbonyl (C=O) groups excluding carboxylic acids is 1. The molecule has 7 nitrogen and oxygen atoms in total. The van der Waals surface area contributed by atoms with Gasteiger partial charge >= 0.3 is 0 Å². The summed E-state index contributed by atoms with van der Waals surface area (Å²) in [5.74, 6) is -0.315. The van der Waals surface area contributed by atoms with E-state index in [-0.39, 0.29) is 35.6 Å². The molecule has 1 aromatic carbocycles. The minimum Gasteiger partial charge on any atom is -0.294 e. The van der Waals surface area contributed by atoms with Crippen molar-refractivity contribution in [2.75, 3.05) is 6.54 Å². The molecule has 0 saturated carbocycles. The first-order valence-electron chi connectivity index (χ1n) is 6.96. The number of hydrogen-bond acceptors (Lipinski definition) is 5. The van der Waals surface area contributed by atoms with Gasteiger partial charge in [0.05, 0.1) is 4.90 Å². The second-order valence-corrected chi connectivity index (χ2v) is 6.97. The highest BCUT2D eigenvalue weighted by molar-refractivity contribution is 7.90. The molecule has 23 heavy (non-hydrogen) atoms. The molecule has 0 N–H and O–H groups in total. The van der Waals surface area contributed by atoms with E-state index in [4.69, 9.17) is 0 Å². The first-order valence-corrected chi connectivity index (χ1v) is 8.40. The third-order valence-corrected chi connectivity index (χ3v) is 4.98. The predicted molar refractivity (Wildman–Crippen MR) is 83.6 cm³/mol. The van der Waals surface area contributed by atoms with Gasteiger partial charge in [-0.2, -0.15) is 0 Å². The van der Waals surface area contributed by atoms with Crippen molar-refractivity contribution in [3.63, 3.8) is 0 Å². The van der Waals surface area contributed by atoms with Crippen LogP contribution in [0.4, 0.5) is 0 Å². The highest BCUT2D eigenvalue weighted by atomic mass is 32.2. The summed E-state index contributed by atoms with van der Waals surface area (Å²) >= 11 is 0. The lowest BCUT2D eigenvalue weighted by molar-refractivity contribution is -0.480. The predicted octanol–water partition coefficient (Wildman–Crippen LogP) is 2.27. The monoisotopic (exact) mass is 336 g/mol. The van der Waals surface area contributed by atoms with Crippen LogP contribution >= 0.6 is 0 Å². The summed E-state index contributed by atoms with van der Waals surface area (Å²) in [5.41, 5.74) is 1.17. The molecule has 0 amide bonds. The van der Waals surface area contributed by atoms with Crippen LogP contribution in [0.15, 0.2) is 47.6 Å². The maximum Gasteiger partial charge on any atom is 0.267 e. The van der Waals surface area contributed by atoms with Gasteiger partial charge in [-0.3, -0.25) is 14.9 Å². The lowest BCUT2D eigenvalue weighted by Gasteiger charge is -2.05. The van der Waals surface area contributed by atoms with Gasteiger partial charge in [-0.15, -0.1) is 0 Å². The van der Waals surface area contributed by atoms with Gasteiger partial charge in [-0.25, -0.2) is 12.4 Å². The highest BCUT2D eigenvalue weighted by Gasteiger charge is 2.18. The van der Waals surface area contributed by atoms with Crippen LogP contribution in [0.1, 0.15) is 28.8 Å². The summed E-state index contributed by atoms with van der Waals surface area (Å²) in [6, 6.07) is 7.80. The Morgan fingerprint density at radius 3 is 2.48 bits per heavy atom. The number of carbonyl (C=O) groups is 1. The summed E-state index contributed by atoms with van der Waals surface area (Å²) in [5, 5.41) is 10.2. The zero-order chi connectivity index (χ0) is 17.0. The van der Waals surface area contributed by atoms with Crippen LogP contribution in [0.5, 0.6) is 0 Å². The molecule has 0 bridgehead atoms. The number of benzene rings is 1. The average Bonchev–Trinajstić information content (AvgIpc) is 2.98. The maximum atomic E-state index is 12.4. The Kier molecular flexibility index (Phi) is 4.95.